The summed E-state index contributed by atoms with van der Waals surface area (Å²) in [6.07, 6.45) is 0. The van der Waals surface area contributed by atoms with Crippen molar-refractivity contribution in [1.82, 2.24) is 14.7 Å². The number of hydrogen-bond acceptors (Lipinski definition) is 3. The zero-order valence-corrected chi connectivity index (χ0v) is 13.7. The maximum atomic E-state index is 12.4. The summed E-state index contributed by atoms with van der Waals surface area (Å²) in [5.41, 5.74) is 2.22. The van der Waals surface area contributed by atoms with Crippen LogP contribution in [0.4, 0.5) is 0 Å². The van der Waals surface area contributed by atoms with Gasteiger partial charge in [0, 0.05) is 39.6 Å². The highest BCUT2D eigenvalue weighted by molar-refractivity contribution is 5.83. The number of carbonyl (C=O) groups is 2. The summed E-state index contributed by atoms with van der Waals surface area (Å²) in [5.74, 6) is -0.0278. The topological polar surface area (TPSA) is 43.9 Å². The predicted octanol–water partition coefficient (Wildman–Crippen LogP) is 1.12. The van der Waals surface area contributed by atoms with E-state index in [4.69, 9.17) is 0 Å². The van der Waals surface area contributed by atoms with Crippen molar-refractivity contribution < 1.29 is 9.59 Å². The molecule has 1 aliphatic heterocycles. The minimum absolute atomic E-state index is 0.0379. The first-order chi connectivity index (χ1) is 10.5. The van der Waals surface area contributed by atoms with Gasteiger partial charge in [-0.05, 0) is 19.5 Å². The van der Waals surface area contributed by atoms with E-state index in [0.717, 1.165) is 37.3 Å². The standard InChI is InChI=1S/C17H25N3O2/c1-14-5-4-6-16(11-14)12-20(15(2)21)13-17(22)19-9-7-18(3)8-10-19/h4-6,11H,7-10,12-13H2,1-3H3. The average Bonchev–Trinajstić information content (AvgIpc) is 2.47. The number of likely N-dealkylation sites (N-methyl/N-ethyl adjacent to an activating group) is 1. The molecule has 0 radical (unpaired) electrons. The van der Waals surface area contributed by atoms with Crippen LogP contribution in [-0.2, 0) is 16.1 Å². The second-order valence-corrected chi connectivity index (χ2v) is 6.05. The molecule has 120 valence electrons. The summed E-state index contributed by atoms with van der Waals surface area (Å²) in [4.78, 5) is 29.9. The quantitative estimate of drug-likeness (QED) is 0.837. The average molecular weight is 303 g/mol. The first kappa shape index (κ1) is 16.5. The monoisotopic (exact) mass is 303 g/mol. The van der Waals surface area contributed by atoms with E-state index in [2.05, 4.69) is 18.0 Å². The van der Waals surface area contributed by atoms with Gasteiger partial charge in [-0.25, -0.2) is 0 Å². The minimum atomic E-state index is -0.0658. The van der Waals surface area contributed by atoms with Crippen LogP contribution in [0, 0.1) is 6.92 Å². The third kappa shape index (κ3) is 4.56. The van der Waals surface area contributed by atoms with Crippen molar-refractivity contribution in [2.45, 2.75) is 20.4 Å². The fraction of sp³-hybridized carbons (Fsp3) is 0.529. The summed E-state index contributed by atoms with van der Waals surface area (Å²) >= 11 is 0. The number of hydrogen-bond donors (Lipinski definition) is 0. The highest BCUT2D eigenvalue weighted by atomic mass is 16.2. The molecule has 0 aliphatic carbocycles. The number of carbonyl (C=O) groups excluding carboxylic acids is 2. The molecule has 1 aromatic rings. The van der Waals surface area contributed by atoms with Gasteiger partial charge in [0.15, 0.2) is 0 Å². The normalized spacial score (nSPS) is 15.7. The lowest BCUT2D eigenvalue weighted by atomic mass is 10.1. The molecular weight excluding hydrogens is 278 g/mol. The zero-order valence-electron chi connectivity index (χ0n) is 13.7. The molecule has 0 unspecified atom stereocenters. The number of benzene rings is 1. The van der Waals surface area contributed by atoms with E-state index >= 15 is 0 Å². The molecule has 1 saturated heterocycles. The van der Waals surface area contributed by atoms with Crippen molar-refractivity contribution >= 4 is 11.8 Å². The molecule has 1 fully saturated rings. The molecule has 1 aromatic carbocycles. The summed E-state index contributed by atoms with van der Waals surface area (Å²) in [7, 11) is 2.06. The van der Waals surface area contributed by atoms with Crippen molar-refractivity contribution in [1.29, 1.82) is 0 Å². The van der Waals surface area contributed by atoms with Gasteiger partial charge in [0.2, 0.25) is 11.8 Å². The van der Waals surface area contributed by atoms with Gasteiger partial charge in [0.1, 0.15) is 6.54 Å². The van der Waals surface area contributed by atoms with Crippen molar-refractivity contribution in [2.24, 2.45) is 0 Å². The van der Waals surface area contributed by atoms with Crippen LogP contribution in [0.1, 0.15) is 18.1 Å². The van der Waals surface area contributed by atoms with Crippen molar-refractivity contribution in [3.63, 3.8) is 0 Å². The van der Waals surface area contributed by atoms with Crippen LogP contribution in [0.2, 0.25) is 0 Å². The molecule has 0 atom stereocenters. The van der Waals surface area contributed by atoms with E-state index in [1.165, 1.54) is 6.92 Å². The van der Waals surface area contributed by atoms with Gasteiger partial charge in [0.05, 0.1) is 0 Å². The van der Waals surface area contributed by atoms with E-state index in [-0.39, 0.29) is 18.4 Å². The molecule has 22 heavy (non-hydrogen) atoms. The van der Waals surface area contributed by atoms with Crippen LogP contribution >= 0.6 is 0 Å². The second-order valence-electron chi connectivity index (χ2n) is 6.05. The lowest BCUT2D eigenvalue weighted by molar-refractivity contribution is -0.140. The Morgan fingerprint density at radius 1 is 1.18 bits per heavy atom. The van der Waals surface area contributed by atoms with Crippen LogP contribution in [-0.4, -0.2) is 66.3 Å². The third-order valence-electron chi connectivity index (χ3n) is 4.08. The van der Waals surface area contributed by atoms with E-state index < -0.39 is 0 Å². The fourth-order valence-electron chi connectivity index (χ4n) is 2.63. The van der Waals surface area contributed by atoms with Crippen molar-refractivity contribution in [2.75, 3.05) is 39.8 Å². The molecule has 0 saturated carbocycles. The molecule has 1 aliphatic rings. The third-order valence-corrected chi connectivity index (χ3v) is 4.08. The predicted molar refractivity (Wildman–Crippen MR) is 86.3 cm³/mol. The van der Waals surface area contributed by atoms with Crippen LogP contribution in [0.3, 0.4) is 0 Å². The van der Waals surface area contributed by atoms with E-state index in [0.29, 0.717) is 6.54 Å². The zero-order chi connectivity index (χ0) is 16.1. The second kappa shape index (κ2) is 7.40. The van der Waals surface area contributed by atoms with E-state index in [1.54, 1.807) is 4.90 Å². The van der Waals surface area contributed by atoms with Gasteiger partial charge in [-0.15, -0.1) is 0 Å². The van der Waals surface area contributed by atoms with Crippen LogP contribution < -0.4 is 0 Å². The number of nitrogens with zero attached hydrogens (tertiary/aromatic N) is 3. The molecule has 0 spiro atoms. The van der Waals surface area contributed by atoms with Gasteiger partial charge in [-0.2, -0.15) is 0 Å². The van der Waals surface area contributed by atoms with Crippen LogP contribution in [0.5, 0.6) is 0 Å². The minimum Gasteiger partial charge on any atom is -0.339 e. The van der Waals surface area contributed by atoms with Crippen LogP contribution in [0.25, 0.3) is 0 Å². The Bertz CT molecular complexity index is 536. The molecule has 2 rings (SSSR count). The first-order valence-corrected chi connectivity index (χ1v) is 7.73. The smallest absolute Gasteiger partial charge is 0.242 e. The van der Waals surface area contributed by atoms with E-state index in [1.807, 2.05) is 30.0 Å². The van der Waals surface area contributed by atoms with Gasteiger partial charge in [-0.1, -0.05) is 29.8 Å². The van der Waals surface area contributed by atoms with Gasteiger partial charge in [0.25, 0.3) is 0 Å². The number of rotatable bonds is 4. The summed E-state index contributed by atoms with van der Waals surface area (Å²) in [6.45, 7) is 7.46. The maximum absolute atomic E-state index is 12.4. The van der Waals surface area contributed by atoms with Gasteiger partial charge >= 0.3 is 0 Å². The summed E-state index contributed by atoms with van der Waals surface area (Å²) in [5, 5.41) is 0. The Balaban J connectivity index is 1.96. The molecule has 0 aromatic heterocycles. The van der Waals surface area contributed by atoms with Gasteiger partial charge in [-0.3, -0.25) is 9.59 Å². The molecule has 5 nitrogen and oxygen atoms in total. The Kier molecular flexibility index (Phi) is 5.55. The molecule has 5 heteroatoms. The Morgan fingerprint density at radius 2 is 1.86 bits per heavy atom. The highest BCUT2D eigenvalue weighted by Crippen LogP contribution is 2.09. The Labute approximate surface area is 132 Å². The number of amides is 2. The Morgan fingerprint density at radius 3 is 2.45 bits per heavy atom. The molecular formula is C17H25N3O2. The van der Waals surface area contributed by atoms with Gasteiger partial charge < -0.3 is 14.7 Å². The largest absolute Gasteiger partial charge is 0.339 e. The highest BCUT2D eigenvalue weighted by Gasteiger charge is 2.22. The number of aryl methyl sites for hydroxylation is 1. The SMILES string of the molecule is CC(=O)N(CC(=O)N1CCN(C)CC1)Cc1cccc(C)c1. The van der Waals surface area contributed by atoms with E-state index in [9.17, 15) is 9.59 Å². The maximum Gasteiger partial charge on any atom is 0.242 e. The van der Waals surface area contributed by atoms with Crippen molar-refractivity contribution in [3.8, 4) is 0 Å². The Hall–Kier alpha value is -1.88. The summed E-state index contributed by atoms with van der Waals surface area (Å²) < 4.78 is 0. The van der Waals surface area contributed by atoms with Crippen molar-refractivity contribution in [3.05, 3.63) is 35.4 Å². The molecule has 2 amide bonds. The van der Waals surface area contributed by atoms with Crippen LogP contribution in [0.15, 0.2) is 24.3 Å². The first-order valence-electron chi connectivity index (χ1n) is 7.73. The molecule has 0 N–H and O–H groups in total. The number of piperazine rings is 1. The fourth-order valence-corrected chi connectivity index (χ4v) is 2.63. The molecule has 0 bridgehead atoms. The molecule has 1 heterocycles. The lowest BCUT2D eigenvalue weighted by Crippen LogP contribution is -2.50. The lowest BCUT2D eigenvalue weighted by Gasteiger charge is -2.33. The summed E-state index contributed by atoms with van der Waals surface area (Å²) in [6, 6.07) is 8.04.